The minimum Gasteiger partial charge on any atom is -0.469 e. The molecule has 5 nitrogen and oxygen atoms in total. The average Bonchev–Trinajstić information content (AvgIpc) is 2.90. The smallest absolute Gasteiger partial charge is 0.271 e. The second-order valence-electron chi connectivity index (χ2n) is 4.08. The van der Waals surface area contributed by atoms with E-state index in [0.29, 0.717) is 5.69 Å². The molecule has 0 fully saturated rings. The van der Waals surface area contributed by atoms with Crippen LogP contribution in [-0.4, -0.2) is 21.9 Å². The molecule has 0 spiro atoms. The number of amides is 1. The molecule has 1 atom stereocenters. The van der Waals surface area contributed by atoms with Crippen LogP contribution >= 0.6 is 0 Å². The molecule has 2 aromatic rings. The predicted octanol–water partition coefficient (Wildman–Crippen LogP) is 1.82. The van der Waals surface area contributed by atoms with E-state index < -0.39 is 0 Å². The largest absolute Gasteiger partial charge is 0.469 e. The number of aryl methyl sites for hydroxylation is 1. The fourth-order valence-electron chi connectivity index (χ4n) is 1.60. The van der Waals surface area contributed by atoms with Crippen molar-refractivity contribution in [2.45, 2.75) is 25.8 Å². The Hall–Kier alpha value is -2.17. The van der Waals surface area contributed by atoms with Crippen molar-refractivity contribution in [1.29, 1.82) is 0 Å². The number of hydrogen-bond acceptors (Lipinski definition) is 4. The van der Waals surface area contributed by atoms with Crippen molar-refractivity contribution in [3.8, 4) is 0 Å². The van der Waals surface area contributed by atoms with Crippen molar-refractivity contribution >= 4 is 5.91 Å². The van der Waals surface area contributed by atoms with Gasteiger partial charge in [-0.1, -0.05) is 0 Å². The lowest BCUT2D eigenvalue weighted by Crippen LogP contribution is -2.33. The lowest BCUT2D eigenvalue weighted by Gasteiger charge is -2.12. The number of furan rings is 1. The van der Waals surface area contributed by atoms with Gasteiger partial charge in [0.1, 0.15) is 11.5 Å². The third-order valence-corrected chi connectivity index (χ3v) is 2.58. The molecule has 2 rings (SSSR count). The first-order chi connectivity index (χ1) is 8.75. The van der Waals surface area contributed by atoms with Gasteiger partial charge in [0.15, 0.2) is 0 Å². The molecule has 2 heterocycles. The summed E-state index contributed by atoms with van der Waals surface area (Å²) in [6.07, 6.45) is 7.76. The van der Waals surface area contributed by atoms with Crippen LogP contribution < -0.4 is 5.32 Å². The van der Waals surface area contributed by atoms with Gasteiger partial charge in [-0.25, -0.2) is 4.98 Å². The molecular formula is C13H15N3O2. The Balaban J connectivity index is 1.80. The molecule has 0 aliphatic heterocycles. The Labute approximate surface area is 105 Å². The van der Waals surface area contributed by atoms with Gasteiger partial charge >= 0.3 is 0 Å². The molecule has 0 unspecified atom stereocenters. The van der Waals surface area contributed by atoms with Crippen LogP contribution in [0.4, 0.5) is 0 Å². The number of carbonyl (C=O) groups excluding carboxylic acids is 1. The quantitative estimate of drug-likeness (QED) is 0.872. The van der Waals surface area contributed by atoms with E-state index in [4.69, 9.17) is 4.42 Å². The summed E-state index contributed by atoms with van der Waals surface area (Å²) in [5, 5.41) is 2.88. The highest BCUT2D eigenvalue weighted by atomic mass is 16.3. The Morgan fingerprint density at radius 1 is 1.50 bits per heavy atom. The van der Waals surface area contributed by atoms with Crippen molar-refractivity contribution in [2.75, 3.05) is 0 Å². The van der Waals surface area contributed by atoms with Crippen LogP contribution in [0.5, 0.6) is 0 Å². The summed E-state index contributed by atoms with van der Waals surface area (Å²) < 4.78 is 5.24. The van der Waals surface area contributed by atoms with Crippen molar-refractivity contribution < 1.29 is 9.21 Å². The maximum Gasteiger partial charge on any atom is 0.271 e. The summed E-state index contributed by atoms with van der Waals surface area (Å²) in [4.78, 5) is 19.6. The molecule has 0 radical (unpaired) electrons. The number of nitrogens with one attached hydrogen (secondary N) is 1. The van der Waals surface area contributed by atoms with E-state index in [0.717, 1.165) is 18.6 Å². The standard InChI is InChI=1S/C13H15N3O2/c1-10(4-5-11-3-2-8-18-11)16-13(17)12-9-14-6-7-15-12/h2-3,6-10H,4-5H2,1H3,(H,16,17)/t10-/m1/s1. The molecule has 0 bridgehead atoms. The van der Waals surface area contributed by atoms with Gasteiger partial charge in [-0.05, 0) is 25.5 Å². The second kappa shape index (κ2) is 5.95. The molecule has 18 heavy (non-hydrogen) atoms. The van der Waals surface area contributed by atoms with E-state index in [9.17, 15) is 4.79 Å². The lowest BCUT2D eigenvalue weighted by atomic mass is 10.1. The predicted molar refractivity (Wildman–Crippen MR) is 66.0 cm³/mol. The van der Waals surface area contributed by atoms with Crippen LogP contribution in [-0.2, 0) is 6.42 Å². The van der Waals surface area contributed by atoms with E-state index in [-0.39, 0.29) is 11.9 Å². The fourth-order valence-corrected chi connectivity index (χ4v) is 1.60. The van der Waals surface area contributed by atoms with Gasteiger partial charge < -0.3 is 9.73 Å². The SMILES string of the molecule is C[C@H](CCc1ccco1)NC(=O)c1cnccn1. The summed E-state index contributed by atoms with van der Waals surface area (Å²) in [5.74, 6) is 0.727. The van der Waals surface area contributed by atoms with Crippen LogP contribution in [0, 0.1) is 0 Å². The number of aromatic nitrogens is 2. The van der Waals surface area contributed by atoms with E-state index in [1.54, 1.807) is 6.26 Å². The molecule has 0 aromatic carbocycles. The van der Waals surface area contributed by atoms with Gasteiger partial charge in [0, 0.05) is 24.9 Å². The fraction of sp³-hybridized carbons (Fsp3) is 0.308. The van der Waals surface area contributed by atoms with Gasteiger partial charge in [-0.15, -0.1) is 0 Å². The summed E-state index contributed by atoms with van der Waals surface area (Å²) in [6, 6.07) is 3.85. The first-order valence-corrected chi connectivity index (χ1v) is 5.85. The van der Waals surface area contributed by atoms with E-state index in [1.165, 1.54) is 18.6 Å². The van der Waals surface area contributed by atoms with Crippen molar-refractivity contribution in [1.82, 2.24) is 15.3 Å². The molecule has 94 valence electrons. The third kappa shape index (κ3) is 3.41. The van der Waals surface area contributed by atoms with Crippen LogP contribution in [0.25, 0.3) is 0 Å². The van der Waals surface area contributed by atoms with Crippen LogP contribution in [0.1, 0.15) is 29.6 Å². The highest BCUT2D eigenvalue weighted by Crippen LogP contribution is 2.06. The first kappa shape index (κ1) is 12.3. The molecule has 0 aliphatic rings. The number of hydrogen-bond donors (Lipinski definition) is 1. The summed E-state index contributed by atoms with van der Waals surface area (Å²) >= 11 is 0. The van der Waals surface area contributed by atoms with E-state index in [2.05, 4.69) is 15.3 Å². The Bertz CT molecular complexity index is 482. The zero-order valence-electron chi connectivity index (χ0n) is 10.2. The van der Waals surface area contributed by atoms with Crippen molar-refractivity contribution in [3.63, 3.8) is 0 Å². The van der Waals surface area contributed by atoms with E-state index >= 15 is 0 Å². The maximum absolute atomic E-state index is 11.8. The van der Waals surface area contributed by atoms with E-state index in [1.807, 2.05) is 19.1 Å². The van der Waals surface area contributed by atoms with Gasteiger partial charge in [-0.3, -0.25) is 9.78 Å². The minimum absolute atomic E-state index is 0.0598. The summed E-state index contributed by atoms with van der Waals surface area (Å²) in [5.41, 5.74) is 0.336. The summed E-state index contributed by atoms with van der Waals surface area (Å²) in [6.45, 7) is 1.96. The zero-order valence-corrected chi connectivity index (χ0v) is 10.2. The minimum atomic E-state index is -0.199. The molecule has 1 N–H and O–H groups in total. The van der Waals surface area contributed by atoms with Gasteiger partial charge in [0.05, 0.1) is 12.5 Å². The summed E-state index contributed by atoms with van der Waals surface area (Å²) in [7, 11) is 0. The highest BCUT2D eigenvalue weighted by molar-refractivity contribution is 5.92. The van der Waals surface area contributed by atoms with Crippen molar-refractivity contribution in [2.24, 2.45) is 0 Å². The Morgan fingerprint density at radius 3 is 3.06 bits per heavy atom. The number of carbonyl (C=O) groups is 1. The molecule has 5 heteroatoms. The molecule has 1 amide bonds. The van der Waals surface area contributed by atoms with Gasteiger partial charge in [-0.2, -0.15) is 0 Å². The lowest BCUT2D eigenvalue weighted by molar-refractivity contribution is 0.0932. The monoisotopic (exact) mass is 245 g/mol. The maximum atomic E-state index is 11.8. The molecule has 0 aliphatic carbocycles. The number of rotatable bonds is 5. The normalized spacial score (nSPS) is 12.1. The van der Waals surface area contributed by atoms with Gasteiger partial charge in [0.2, 0.25) is 0 Å². The third-order valence-electron chi connectivity index (χ3n) is 2.58. The topological polar surface area (TPSA) is 68.0 Å². The van der Waals surface area contributed by atoms with Crippen LogP contribution in [0.15, 0.2) is 41.4 Å². The molecule has 0 saturated heterocycles. The van der Waals surface area contributed by atoms with Gasteiger partial charge in [0.25, 0.3) is 5.91 Å². The number of nitrogens with zero attached hydrogens (tertiary/aromatic N) is 2. The Kier molecular flexibility index (Phi) is 4.06. The van der Waals surface area contributed by atoms with Crippen molar-refractivity contribution in [3.05, 3.63) is 48.4 Å². The average molecular weight is 245 g/mol. The van der Waals surface area contributed by atoms with Crippen LogP contribution in [0.2, 0.25) is 0 Å². The molecule has 0 saturated carbocycles. The second-order valence-corrected chi connectivity index (χ2v) is 4.08. The zero-order chi connectivity index (χ0) is 12.8. The highest BCUT2D eigenvalue weighted by Gasteiger charge is 2.11. The van der Waals surface area contributed by atoms with Crippen LogP contribution in [0.3, 0.4) is 0 Å². The molecular weight excluding hydrogens is 230 g/mol. The Morgan fingerprint density at radius 2 is 2.39 bits per heavy atom. The first-order valence-electron chi connectivity index (χ1n) is 5.85. The molecule has 2 aromatic heterocycles.